The summed E-state index contributed by atoms with van der Waals surface area (Å²) < 4.78 is 4.04. The summed E-state index contributed by atoms with van der Waals surface area (Å²) in [7, 11) is 0. The summed E-state index contributed by atoms with van der Waals surface area (Å²) >= 11 is 1.42. The van der Waals surface area contributed by atoms with E-state index in [2.05, 4.69) is 50.8 Å². The number of anilines is 1. The third-order valence-corrected chi connectivity index (χ3v) is 3.77. The molecule has 6 heteroatoms. The van der Waals surface area contributed by atoms with Crippen LogP contribution in [0.1, 0.15) is 30.9 Å². The molecule has 2 rings (SSSR count). The van der Waals surface area contributed by atoms with Crippen molar-refractivity contribution < 1.29 is 0 Å². The molecule has 2 heterocycles. The minimum atomic E-state index is 0.797. The molecule has 0 aliphatic rings. The molecule has 0 aliphatic carbocycles. The van der Waals surface area contributed by atoms with Gasteiger partial charge in [0, 0.05) is 36.9 Å². The van der Waals surface area contributed by atoms with Crippen LogP contribution < -0.4 is 5.32 Å². The van der Waals surface area contributed by atoms with E-state index in [9.17, 15) is 0 Å². The maximum atomic E-state index is 4.56. The third kappa shape index (κ3) is 3.98. The molecule has 0 fully saturated rings. The summed E-state index contributed by atoms with van der Waals surface area (Å²) in [6.45, 7) is 9.74. The van der Waals surface area contributed by atoms with Gasteiger partial charge in [0.25, 0.3) is 0 Å². The third-order valence-electron chi connectivity index (χ3n) is 3.05. The van der Waals surface area contributed by atoms with Crippen molar-refractivity contribution in [3.63, 3.8) is 0 Å². The van der Waals surface area contributed by atoms with Gasteiger partial charge in [-0.25, -0.2) is 0 Å². The standard InChI is InChI=1S/C14H21N5S/c1-4-15-14-13(17-18-20-14)10-19(5-2)9-12-8-6-7-11(3)16-12/h6-8,15H,4-5,9-10H2,1-3H3. The molecule has 5 nitrogen and oxygen atoms in total. The summed E-state index contributed by atoms with van der Waals surface area (Å²) in [5, 5.41) is 8.61. The number of nitrogens with one attached hydrogen (secondary N) is 1. The van der Waals surface area contributed by atoms with Crippen LogP contribution in [-0.2, 0) is 13.1 Å². The van der Waals surface area contributed by atoms with Gasteiger partial charge in [0.2, 0.25) is 0 Å². The quantitative estimate of drug-likeness (QED) is 0.850. The summed E-state index contributed by atoms with van der Waals surface area (Å²) in [6.07, 6.45) is 0. The number of aryl methyl sites for hydroxylation is 1. The molecule has 0 radical (unpaired) electrons. The second-order valence-corrected chi connectivity index (χ2v) is 5.41. The van der Waals surface area contributed by atoms with E-state index in [-0.39, 0.29) is 0 Å². The number of pyridine rings is 1. The van der Waals surface area contributed by atoms with Crippen LogP contribution in [0, 0.1) is 6.92 Å². The van der Waals surface area contributed by atoms with Crippen LogP contribution in [0.4, 0.5) is 5.00 Å². The largest absolute Gasteiger partial charge is 0.374 e. The molecule has 0 spiro atoms. The molecule has 0 saturated heterocycles. The highest BCUT2D eigenvalue weighted by Crippen LogP contribution is 2.19. The fourth-order valence-electron chi connectivity index (χ4n) is 2.01. The first kappa shape index (κ1) is 14.9. The zero-order valence-electron chi connectivity index (χ0n) is 12.3. The van der Waals surface area contributed by atoms with Crippen LogP contribution in [0.3, 0.4) is 0 Å². The van der Waals surface area contributed by atoms with Gasteiger partial charge < -0.3 is 5.32 Å². The second kappa shape index (κ2) is 7.31. The second-order valence-electron chi connectivity index (χ2n) is 4.65. The highest BCUT2D eigenvalue weighted by molar-refractivity contribution is 7.10. The van der Waals surface area contributed by atoms with E-state index in [0.717, 1.165) is 48.3 Å². The molecule has 108 valence electrons. The van der Waals surface area contributed by atoms with Crippen molar-refractivity contribution in [2.45, 2.75) is 33.9 Å². The van der Waals surface area contributed by atoms with Crippen molar-refractivity contribution in [2.24, 2.45) is 0 Å². The number of aromatic nitrogens is 3. The average molecular weight is 291 g/mol. The van der Waals surface area contributed by atoms with Crippen molar-refractivity contribution in [1.29, 1.82) is 0 Å². The first-order chi connectivity index (χ1) is 9.72. The predicted octanol–water partition coefficient (Wildman–Crippen LogP) is 2.70. The molecule has 0 saturated carbocycles. The Bertz CT molecular complexity index is 540. The molecule has 0 amide bonds. The Labute approximate surface area is 124 Å². The molecule has 2 aromatic rings. The molecule has 1 N–H and O–H groups in total. The first-order valence-corrected chi connectivity index (χ1v) is 7.70. The van der Waals surface area contributed by atoms with E-state index >= 15 is 0 Å². The van der Waals surface area contributed by atoms with Gasteiger partial charge in [-0.2, -0.15) is 0 Å². The Kier molecular flexibility index (Phi) is 5.43. The lowest BCUT2D eigenvalue weighted by Gasteiger charge is -2.19. The highest BCUT2D eigenvalue weighted by Gasteiger charge is 2.12. The molecule has 0 bridgehead atoms. The lowest BCUT2D eigenvalue weighted by Crippen LogP contribution is -2.23. The minimum absolute atomic E-state index is 0.797. The van der Waals surface area contributed by atoms with Gasteiger partial charge >= 0.3 is 0 Å². The van der Waals surface area contributed by atoms with Crippen LogP contribution in [0.25, 0.3) is 0 Å². The molecule has 20 heavy (non-hydrogen) atoms. The molecule has 0 aliphatic heterocycles. The summed E-state index contributed by atoms with van der Waals surface area (Å²) in [6, 6.07) is 6.15. The van der Waals surface area contributed by atoms with Crippen LogP contribution in [0.2, 0.25) is 0 Å². The fraction of sp³-hybridized carbons (Fsp3) is 0.500. The highest BCUT2D eigenvalue weighted by atomic mass is 32.1. The zero-order chi connectivity index (χ0) is 14.4. The number of hydrogen-bond donors (Lipinski definition) is 1. The Balaban J connectivity index is 2.03. The maximum Gasteiger partial charge on any atom is 0.134 e. The topological polar surface area (TPSA) is 53.9 Å². The number of rotatable bonds is 7. The van der Waals surface area contributed by atoms with Crippen LogP contribution in [-0.4, -0.2) is 32.6 Å². The van der Waals surface area contributed by atoms with Gasteiger partial charge in [-0.1, -0.05) is 17.5 Å². The monoisotopic (exact) mass is 291 g/mol. The fourth-order valence-corrected chi connectivity index (χ4v) is 2.66. The number of nitrogens with zero attached hydrogens (tertiary/aromatic N) is 4. The van der Waals surface area contributed by atoms with Crippen molar-refractivity contribution in [2.75, 3.05) is 18.4 Å². The van der Waals surface area contributed by atoms with E-state index in [4.69, 9.17) is 0 Å². The maximum absolute atomic E-state index is 4.56. The van der Waals surface area contributed by atoms with E-state index in [1.54, 1.807) is 0 Å². The first-order valence-electron chi connectivity index (χ1n) is 6.93. The molecule has 2 aromatic heterocycles. The lowest BCUT2D eigenvalue weighted by molar-refractivity contribution is 0.265. The van der Waals surface area contributed by atoms with Gasteiger partial charge in [0.1, 0.15) is 10.7 Å². The minimum Gasteiger partial charge on any atom is -0.374 e. The number of hydrogen-bond acceptors (Lipinski definition) is 6. The van der Waals surface area contributed by atoms with Gasteiger partial charge in [-0.15, -0.1) is 5.10 Å². The molecule has 0 unspecified atom stereocenters. The van der Waals surface area contributed by atoms with Crippen molar-refractivity contribution in [3.8, 4) is 0 Å². The lowest BCUT2D eigenvalue weighted by atomic mass is 10.3. The molecular formula is C14H21N5S. The van der Waals surface area contributed by atoms with E-state index in [1.807, 2.05) is 13.0 Å². The van der Waals surface area contributed by atoms with Gasteiger partial charge in [-0.05, 0) is 32.5 Å². The van der Waals surface area contributed by atoms with Crippen molar-refractivity contribution >= 4 is 16.5 Å². The van der Waals surface area contributed by atoms with Gasteiger partial charge in [0.15, 0.2) is 0 Å². The van der Waals surface area contributed by atoms with Crippen molar-refractivity contribution in [3.05, 3.63) is 35.3 Å². The van der Waals surface area contributed by atoms with Crippen LogP contribution in [0.5, 0.6) is 0 Å². The van der Waals surface area contributed by atoms with Gasteiger partial charge in [0.05, 0.1) is 5.69 Å². The Morgan fingerprint density at radius 2 is 2.10 bits per heavy atom. The van der Waals surface area contributed by atoms with Crippen molar-refractivity contribution in [1.82, 2.24) is 19.5 Å². The Morgan fingerprint density at radius 3 is 2.80 bits per heavy atom. The van der Waals surface area contributed by atoms with E-state index < -0.39 is 0 Å². The van der Waals surface area contributed by atoms with E-state index in [1.165, 1.54) is 11.5 Å². The molecular weight excluding hydrogens is 270 g/mol. The summed E-state index contributed by atoms with van der Waals surface area (Å²) in [5.41, 5.74) is 3.17. The van der Waals surface area contributed by atoms with Crippen LogP contribution in [0.15, 0.2) is 18.2 Å². The normalized spacial score (nSPS) is 11.0. The Morgan fingerprint density at radius 1 is 1.25 bits per heavy atom. The average Bonchev–Trinajstić information content (AvgIpc) is 2.86. The van der Waals surface area contributed by atoms with Crippen LogP contribution >= 0.6 is 11.5 Å². The zero-order valence-corrected chi connectivity index (χ0v) is 13.1. The Hall–Kier alpha value is -1.53. The molecule has 0 atom stereocenters. The predicted molar refractivity (Wildman–Crippen MR) is 82.8 cm³/mol. The van der Waals surface area contributed by atoms with Gasteiger partial charge in [-0.3, -0.25) is 9.88 Å². The summed E-state index contributed by atoms with van der Waals surface area (Å²) in [5.74, 6) is 0. The molecule has 0 aromatic carbocycles. The smallest absolute Gasteiger partial charge is 0.134 e. The van der Waals surface area contributed by atoms with E-state index in [0.29, 0.717) is 0 Å². The summed E-state index contributed by atoms with van der Waals surface area (Å²) in [4.78, 5) is 6.88. The SMILES string of the molecule is CCNc1snnc1CN(CC)Cc1cccc(C)n1.